The normalized spacial score (nSPS) is 52.3. The molecule has 0 radical (unpaired) electrons. The van der Waals surface area contributed by atoms with Gasteiger partial charge >= 0.3 is 0 Å². The monoisotopic (exact) mass is 1060 g/mol. The number of allylic oxidation sites excluding steroid dienone is 2. The van der Waals surface area contributed by atoms with E-state index in [-0.39, 0.29) is 46.5 Å². The summed E-state index contributed by atoms with van der Waals surface area (Å²) in [6.07, 6.45) is -19.6. The van der Waals surface area contributed by atoms with Crippen LogP contribution in [0.25, 0.3) is 0 Å². The third kappa shape index (κ3) is 10.4. The Balaban J connectivity index is 1.03. The van der Waals surface area contributed by atoms with Gasteiger partial charge in [0.25, 0.3) is 0 Å². The van der Waals surface area contributed by atoms with Crippen molar-refractivity contribution in [1.29, 1.82) is 0 Å². The Morgan fingerprint density at radius 3 is 1.88 bits per heavy atom. The first kappa shape index (κ1) is 59.0. The lowest BCUT2D eigenvalue weighted by molar-refractivity contribution is -0.395. The molecule has 8 rings (SSSR count). The number of aliphatic hydroxyl groups excluding tert-OH is 12. The first-order chi connectivity index (χ1) is 34.7. The van der Waals surface area contributed by atoms with E-state index < -0.39 is 154 Å². The first-order valence-corrected chi connectivity index (χ1v) is 27.2. The molecule has 0 unspecified atom stereocenters. The van der Waals surface area contributed by atoms with Crippen molar-refractivity contribution in [3.05, 3.63) is 11.6 Å². The van der Waals surface area contributed by atoms with E-state index in [1.54, 1.807) is 0 Å². The third-order valence-electron chi connectivity index (χ3n) is 20.4. The largest absolute Gasteiger partial charge is 0.394 e. The van der Waals surface area contributed by atoms with Crippen LogP contribution in [0.4, 0.5) is 0 Å². The number of hydrogen-bond donors (Lipinski definition) is 13. The van der Waals surface area contributed by atoms with Gasteiger partial charge in [-0.15, -0.1) is 0 Å². The van der Waals surface area contributed by atoms with Crippen LogP contribution in [0.3, 0.4) is 0 Å². The average Bonchev–Trinajstić information content (AvgIpc) is 3.72. The molecule has 4 heterocycles. The minimum Gasteiger partial charge on any atom is -0.394 e. The van der Waals surface area contributed by atoms with Crippen LogP contribution in [-0.2, 0) is 37.9 Å². The second-order valence-corrected chi connectivity index (χ2v) is 25.1. The van der Waals surface area contributed by atoms with E-state index in [0.29, 0.717) is 19.3 Å². The summed E-state index contributed by atoms with van der Waals surface area (Å²) in [6.45, 7) is 15.2. The Hall–Kier alpha value is -1.10. The summed E-state index contributed by atoms with van der Waals surface area (Å²) in [5.74, 6) is 0.389. The van der Waals surface area contributed by atoms with Gasteiger partial charge in [0.15, 0.2) is 25.2 Å². The van der Waals surface area contributed by atoms with Crippen molar-refractivity contribution in [3.63, 3.8) is 0 Å². The smallest absolute Gasteiger partial charge is 0.187 e. The quantitative estimate of drug-likeness (QED) is 0.0724. The van der Waals surface area contributed by atoms with Gasteiger partial charge in [-0.05, 0) is 130 Å². The molecule has 4 saturated carbocycles. The number of ether oxygens (including phenoxy) is 8. The average molecular weight is 1060 g/mol. The Morgan fingerprint density at radius 1 is 0.595 bits per heavy atom. The number of hydrogen-bond acceptors (Lipinski definition) is 21. The van der Waals surface area contributed by atoms with E-state index in [1.165, 1.54) is 6.92 Å². The molecule has 4 aliphatic heterocycles. The van der Waals surface area contributed by atoms with Crippen LogP contribution in [0.5, 0.6) is 0 Å². The molecule has 8 aliphatic rings. The van der Waals surface area contributed by atoms with Crippen molar-refractivity contribution < 1.29 is 104 Å². The van der Waals surface area contributed by atoms with E-state index >= 15 is 0 Å². The highest BCUT2D eigenvalue weighted by Crippen LogP contribution is 2.76. The highest BCUT2D eigenvalue weighted by molar-refractivity contribution is 5.19. The summed E-state index contributed by atoms with van der Waals surface area (Å²) in [5.41, 5.74) is -1.22. The Bertz CT molecular complexity index is 1910. The molecule has 0 aromatic rings. The van der Waals surface area contributed by atoms with E-state index in [1.807, 2.05) is 13.8 Å². The lowest BCUT2D eigenvalue weighted by atomic mass is 9.35. The molecule has 21 nitrogen and oxygen atoms in total. The molecule has 21 heteroatoms. The summed E-state index contributed by atoms with van der Waals surface area (Å²) in [6, 6.07) is 0. The Morgan fingerprint density at radius 2 is 1.20 bits per heavy atom. The molecule has 0 spiro atoms. The molecule has 13 N–H and O–H groups in total. The highest BCUT2D eigenvalue weighted by Gasteiger charge is 2.70. The molecular formula is C53H90O21. The lowest BCUT2D eigenvalue weighted by Gasteiger charge is -2.70. The predicted molar refractivity (Wildman–Crippen MR) is 259 cm³/mol. The molecule has 0 amide bonds. The standard InChI is InChI=1S/C53H90O21/c1-24(2)10-9-16-53(66,23-68-46-41(64)39(62)36(59)29(20-54)70-46)27-13-18-51(7)26(27)11-12-32-50(6)17-15-33(49(4,5)31(50)14-19-52(32,51)8)72-48-44(74-47-42(65)38(61)34(57)25(3)69-47)43(37(60)30(21-55)71-48)73-45-40(63)35(58)28(56)22-67-45/h10,25-48,54-66H,9,11-23H2,1-8H3/t25-,26+,27-,28+,29+,30+,31-,32+,33-,34-,35-,36+,37+,38+,39-,40+,41+,42+,43-,44+,45-,46+,47-,48-,50-,51+,52+,53+/m0/s1. The molecule has 4 aliphatic carbocycles. The van der Waals surface area contributed by atoms with Gasteiger partial charge in [-0.2, -0.15) is 0 Å². The maximum atomic E-state index is 12.9. The summed E-state index contributed by atoms with van der Waals surface area (Å²) in [7, 11) is 0. The third-order valence-corrected chi connectivity index (χ3v) is 20.4. The van der Waals surface area contributed by atoms with Crippen LogP contribution in [0, 0.1) is 45.3 Å². The van der Waals surface area contributed by atoms with Crippen molar-refractivity contribution in [1.82, 2.24) is 0 Å². The van der Waals surface area contributed by atoms with Gasteiger partial charge in [-0.1, -0.05) is 46.3 Å². The van der Waals surface area contributed by atoms with Crippen molar-refractivity contribution in [2.24, 2.45) is 45.3 Å². The molecule has 74 heavy (non-hydrogen) atoms. The van der Waals surface area contributed by atoms with Crippen LogP contribution in [0.2, 0.25) is 0 Å². The molecule has 0 aromatic carbocycles. The zero-order valence-electron chi connectivity index (χ0n) is 44.4. The second-order valence-electron chi connectivity index (χ2n) is 25.1. The predicted octanol–water partition coefficient (Wildman–Crippen LogP) is -0.534. The van der Waals surface area contributed by atoms with E-state index in [2.05, 4.69) is 40.7 Å². The molecule has 28 atom stereocenters. The number of fused-ring (bicyclic) bond motifs is 5. The van der Waals surface area contributed by atoms with Crippen molar-refractivity contribution >= 4 is 0 Å². The fraction of sp³-hybridized carbons (Fsp3) is 0.962. The molecular weight excluding hydrogens is 973 g/mol. The maximum Gasteiger partial charge on any atom is 0.187 e. The van der Waals surface area contributed by atoms with Gasteiger partial charge < -0.3 is 104 Å². The molecule has 0 aromatic heterocycles. The van der Waals surface area contributed by atoms with E-state index in [4.69, 9.17) is 37.9 Å². The van der Waals surface area contributed by atoms with Crippen LogP contribution in [-0.4, -0.2) is 221 Å². The van der Waals surface area contributed by atoms with E-state index in [0.717, 1.165) is 50.5 Å². The summed E-state index contributed by atoms with van der Waals surface area (Å²) >= 11 is 0. The summed E-state index contributed by atoms with van der Waals surface area (Å²) in [5, 5.41) is 141. The fourth-order valence-electron chi connectivity index (χ4n) is 16.0. The van der Waals surface area contributed by atoms with Gasteiger partial charge in [-0.3, -0.25) is 0 Å². The number of rotatable bonds is 15. The van der Waals surface area contributed by atoms with Gasteiger partial charge in [0, 0.05) is 0 Å². The van der Waals surface area contributed by atoms with Crippen molar-refractivity contribution in [2.45, 2.75) is 248 Å². The molecule has 8 fully saturated rings. The fourth-order valence-corrected chi connectivity index (χ4v) is 16.0. The number of aliphatic hydroxyl groups is 13. The second kappa shape index (κ2) is 22.4. The maximum absolute atomic E-state index is 12.9. The van der Waals surface area contributed by atoms with Crippen LogP contribution in [0.15, 0.2) is 11.6 Å². The summed E-state index contributed by atoms with van der Waals surface area (Å²) in [4.78, 5) is 0. The Kier molecular flexibility index (Phi) is 17.9. The molecule has 428 valence electrons. The van der Waals surface area contributed by atoms with Gasteiger partial charge in [0.1, 0.15) is 85.5 Å². The minimum atomic E-state index is -1.78. The minimum absolute atomic E-state index is 0.129. The zero-order chi connectivity index (χ0) is 54.2. The van der Waals surface area contributed by atoms with Crippen molar-refractivity contribution in [2.75, 3.05) is 26.4 Å². The van der Waals surface area contributed by atoms with Gasteiger partial charge in [0.05, 0.1) is 44.2 Å². The highest BCUT2D eigenvalue weighted by atomic mass is 16.8. The van der Waals surface area contributed by atoms with Crippen LogP contribution in [0.1, 0.15) is 120 Å². The topological polar surface area (TPSA) is 337 Å². The van der Waals surface area contributed by atoms with Crippen LogP contribution < -0.4 is 0 Å². The molecule has 4 saturated heterocycles. The van der Waals surface area contributed by atoms with Gasteiger partial charge in [-0.25, -0.2) is 0 Å². The lowest BCUT2D eigenvalue weighted by Crippen LogP contribution is -2.67. The summed E-state index contributed by atoms with van der Waals surface area (Å²) < 4.78 is 49.2. The Labute approximate surface area is 434 Å². The van der Waals surface area contributed by atoms with Gasteiger partial charge in [0.2, 0.25) is 0 Å². The van der Waals surface area contributed by atoms with Crippen LogP contribution >= 0.6 is 0 Å². The molecule has 0 bridgehead atoms. The first-order valence-electron chi connectivity index (χ1n) is 27.2. The van der Waals surface area contributed by atoms with Crippen molar-refractivity contribution in [3.8, 4) is 0 Å². The zero-order valence-corrected chi connectivity index (χ0v) is 44.4. The van der Waals surface area contributed by atoms with E-state index in [9.17, 15) is 66.4 Å². The SMILES string of the molecule is CC(C)=CCC[C@@](O)(CO[C@@H]1O[C@H](CO)[C@@H](O)[C@H](O)[C@H]1O)[C@H]1CC[C@]2(C)[C@@H]1CC[C@@H]1[C@@]3(C)CC[C@H](O[C@@H]4O[C@H](CO)[C@@H](O)[C@H](O[C@@H]5OC[C@@H](O)[C@H](O)[C@H]5O)[C@H]4O[C@@H]4O[C@@H](C)[C@H](O)[C@@H](O)[C@H]4O)C(C)(C)[C@@H]3CC[C@]12C.